The first-order valence-electron chi connectivity index (χ1n) is 16.1. The van der Waals surface area contributed by atoms with Gasteiger partial charge in [0.1, 0.15) is 23.4 Å². The number of phenolic OH excluding ortho intramolecular Hbond substituents is 1. The van der Waals surface area contributed by atoms with Crippen LogP contribution in [0.5, 0.6) is 5.75 Å². The van der Waals surface area contributed by atoms with Crippen molar-refractivity contribution >= 4 is 17.9 Å². The van der Waals surface area contributed by atoms with Crippen molar-refractivity contribution < 1.29 is 24.2 Å². The number of ether oxygens (including phenoxy) is 1. The molecule has 0 bridgehead atoms. The van der Waals surface area contributed by atoms with Crippen molar-refractivity contribution in [3.05, 3.63) is 64.7 Å². The number of hydrogen-bond donors (Lipinski definition) is 3. The third kappa shape index (κ3) is 12.2. The number of aromatic hydroxyl groups is 1. The van der Waals surface area contributed by atoms with Gasteiger partial charge >= 0.3 is 6.09 Å². The maximum Gasteiger partial charge on any atom is 0.408 e. The Balaban J connectivity index is 2.66. The molecule has 0 fully saturated rings. The minimum Gasteiger partial charge on any atom is -0.508 e. The Labute approximate surface area is 264 Å². The molecule has 2 aromatic rings. The van der Waals surface area contributed by atoms with Gasteiger partial charge in [-0.15, -0.1) is 0 Å². The molecule has 44 heavy (non-hydrogen) atoms. The fourth-order valence-electron chi connectivity index (χ4n) is 5.30. The van der Waals surface area contributed by atoms with Gasteiger partial charge < -0.3 is 25.4 Å². The van der Waals surface area contributed by atoms with Crippen LogP contribution in [0.25, 0.3) is 0 Å². The Hall–Kier alpha value is -3.55. The van der Waals surface area contributed by atoms with Crippen LogP contribution < -0.4 is 10.6 Å². The number of rotatable bonds is 15. The molecule has 2 rings (SSSR count). The average Bonchev–Trinajstić information content (AvgIpc) is 2.91. The predicted molar refractivity (Wildman–Crippen MR) is 177 cm³/mol. The third-order valence-electron chi connectivity index (χ3n) is 7.42. The normalized spacial score (nSPS) is 13.6. The molecule has 8 nitrogen and oxygen atoms in total. The number of phenols is 1. The Kier molecular flexibility index (Phi) is 14.2. The van der Waals surface area contributed by atoms with Gasteiger partial charge in [-0.2, -0.15) is 0 Å². The number of nitrogens with zero attached hydrogens (tertiary/aromatic N) is 1. The number of nitrogens with one attached hydrogen (secondary N) is 2. The van der Waals surface area contributed by atoms with Gasteiger partial charge in [-0.1, -0.05) is 75.1 Å². The Morgan fingerprint density at radius 2 is 1.55 bits per heavy atom. The predicted octanol–water partition coefficient (Wildman–Crippen LogP) is 7.15. The minimum atomic E-state index is -1.02. The molecule has 0 saturated carbocycles. The largest absolute Gasteiger partial charge is 0.508 e. The lowest BCUT2D eigenvalue weighted by Gasteiger charge is -2.39. The lowest BCUT2D eigenvalue weighted by Crippen LogP contribution is -2.56. The highest BCUT2D eigenvalue weighted by Gasteiger charge is 2.39. The highest BCUT2D eigenvalue weighted by molar-refractivity contribution is 5.92. The summed E-state index contributed by atoms with van der Waals surface area (Å²) in [6, 6.07) is 10.3. The van der Waals surface area contributed by atoms with Gasteiger partial charge in [0.25, 0.3) is 0 Å². The summed E-state index contributed by atoms with van der Waals surface area (Å²) in [5.41, 5.74) is 2.72. The van der Waals surface area contributed by atoms with E-state index in [0.29, 0.717) is 18.9 Å². The summed E-state index contributed by atoms with van der Waals surface area (Å²) < 4.78 is 5.55. The number of alkyl carbamates (subject to hydrolysis) is 1. The summed E-state index contributed by atoms with van der Waals surface area (Å²) in [5.74, 6) is -0.0931. The minimum absolute atomic E-state index is 0.107. The summed E-state index contributed by atoms with van der Waals surface area (Å²) >= 11 is 0. The summed E-state index contributed by atoms with van der Waals surface area (Å²) in [6.45, 7) is 18.2. The van der Waals surface area contributed by atoms with Gasteiger partial charge in [-0.3, -0.25) is 9.59 Å². The van der Waals surface area contributed by atoms with Crippen LogP contribution in [0.1, 0.15) is 109 Å². The monoisotopic (exact) mass is 609 g/mol. The van der Waals surface area contributed by atoms with E-state index in [-0.39, 0.29) is 30.0 Å². The second-order valence-corrected chi connectivity index (χ2v) is 13.5. The van der Waals surface area contributed by atoms with Crippen molar-refractivity contribution in [3.63, 3.8) is 0 Å². The van der Waals surface area contributed by atoms with E-state index in [4.69, 9.17) is 4.74 Å². The highest BCUT2D eigenvalue weighted by atomic mass is 16.6. The summed E-state index contributed by atoms with van der Waals surface area (Å²) in [7, 11) is 0. The van der Waals surface area contributed by atoms with E-state index in [2.05, 4.69) is 31.4 Å². The number of carbonyl (C=O) groups is 3. The highest BCUT2D eigenvalue weighted by Crippen LogP contribution is 2.29. The van der Waals surface area contributed by atoms with E-state index in [9.17, 15) is 19.5 Å². The van der Waals surface area contributed by atoms with Crippen LogP contribution in [0.15, 0.2) is 42.5 Å². The second kappa shape index (κ2) is 17.1. The van der Waals surface area contributed by atoms with E-state index in [1.807, 2.05) is 39.0 Å². The molecule has 2 aromatic carbocycles. The van der Waals surface area contributed by atoms with Crippen molar-refractivity contribution in [2.75, 3.05) is 6.54 Å². The van der Waals surface area contributed by atoms with Gasteiger partial charge in [0.2, 0.25) is 11.8 Å². The van der Waals surface area contributed by atoms with Crippen LogP contribution in [0.3, 0.4) is 0 Å². The first-order chi connectivity index (χ1) is 20.6. The van der Waals surface area contributed by atoms with Crippen molar-refractivity contribution in [2.45, 2.75) is 125 Å². The lowest BCUT2D eigenvalue weighted by atomic mass is 9.94. The van der Waals surface area contributed by atoms with E-state index < -0.39 is 23.8 Å². The van der Waals surface area contributed by atoms with E-state index >= 15 is 0 Å². The quantitative estimate of drug-likeness (QED) is 0.186. The Morgan fingerprint density at radius 1 is 0.932 bits per heavy atom. The third-order valence-corrected chi connectivity index (χ3v) is 7.42. The van der Waals surface area contributed by atoms with Crippen LogP contribution in [0, 0.1) is 19.8 Å². The second-order valence-electron chi connectivity index (χ2n) is 13.5. The molecule has 3 amide bonds. The number of hydrogen-bond acceptors (Lipinski definition) is 5. The molecule has 0 radical (unpaired) electrons. The van der Waals surface area contributed by atoms with Gasteiger partial charge in [0.05, 0.1) is 0 Å². The fourth-order valence-corrected chi connectivity index (χ4v) is 5.30. The van der Waals surface area contributed by atoms with Crippen LogP contribution in [-0.2, 0) is 20.7 Å². The van der Waals surface area contributed by atoms with E-state index in [1.54, 1.807) is 49.9 Å². The van der Waals surface area contributed by atoms with Crippen LogP contribution in [0.4, 0.5) is 4.79 Å². The number of benzene rings is 2. The van der Waals surface area contributed by atoms with Gasteiger partial charge in [-0.05, 0) is 90.0 Å². The summed E-state index contributed by atoms with van der Waals surface area (Å²) in [5, 5.41) is 15.8. The maximum absolute atomic E-state index is 14.8. The number of unbranched alkanes of at least 4 members (excludes halogenated alkanes) is 2. The zero-order valence-electron chi connectivity index (χ0n) is 28.3. The Morgan fingerprint density at radius 3 is 2.09 bits per heavy atom. The standard InChI is InChI=1S/C36H55N3O5/c1-10-11-12-19-37-33(41)32(29-21-25(4)20-26(5)22-29)39(27(6)14-13-24(2)3)34(42)31(38-35(43)44-36(7,8)9)23-28-15-17-30(40)18-16-28/h15-18,20-22,24,27,31-32,40H,10-14,19,23H2,1-9H3,(H,37,41)(H,38,43). The van der Waals surface area contributed by atoms with Crippen molar-refractivity contribution in [1.29, 1.82) is 0 Å². The van der Waals surface area contributed by atoms with E-state index in [1.165, 1.54) is 0 Å². The van der Waals surface area contributed by atoms with Crippen molar-refractivity contribution in [2.24, 2.45) is 5.92 Å². The maximum atomic E-state index is 14.8. The molecule has 244 valence electrons. The summed E-state index contributed by atoms with van der Waals surface area (Å²) in [4.78, 5) is 43.6. The lowest BCUT2D eigenvalue weighted by molar-refractivity contribution is -0.145. The smallest absolute Gasteiger partial charge is 0.408 e. The van der Waals surface area contributed by atoms with Crippen LogP contribution >= 0.6 is 0 Å². The molecule has 3 N–H and O–H groups in total. The molecule has 3 unspecified atom stereocenters. The molecular formula is C36H55N3O5. The molecular weight excluding hydrogens is 554 g/mol. The van der Waals surface area contributed by atoms with E-state index in [0.717, 1.165) is 47.9 Å². The van der Waals surface area contributed by atoms with Gasteiger partial charge in [0, 0.05) is 19.0 Å². The number of carbonyl (C=O) groups excluding carboxylic acids is 3. The Bertz CT molecular complexity index is 1200. The molecule has 0 aliphatic heterocycles. The zero-order chi connectivity index (χ0) is 33.0. The molecule has 0 spiro atoms. The summed E-state index contributed by atoms with van der Waals surface area (Å²) in [6.07, 6.45) is 3.87. The first kappa shape index (κ1) is 36.6. The number of amides is 3. The fraction of sp³-hybridized carbons (Fsp3) is 0.583. The van der Waals surface area contributed by atoms with Crippen molar-refractivity contribution in [3.8, 4) is 5.75 Å². The van der Waals surface area contributed by atoms with Crippen LogP contribution in [-0.4, -0.2) is 52.1 Å². The topological polar surface area (TPSA) is 108 Å². The van der Waals surface area contributed by atoms with Gasteiger partial charge in [0.15, 0.2) is 0 Å². The SMILES string of the molecule is CCCCCNC(=O)C(c1cc(C)cc(C)c1)N(C(=O)C(Cc1ccc(O)cc1)NC(=O)OC(C)(C)C)C(C)CCC(C)C. The van der Waals surface area contributed by atoms with Gasteiger partial charge in [-0.25, -0.2) is 4.79 Å². The molecule has 0 aliphatic rings. The molecule has 0 aliphatic carbocycles. The van der Waals surface area contributed by atoms with Crippen molar-refractivity contribution in [1.82, 2.24) is 15.5 Å². The molecule has 8 heteroatoms. The molecule has 0 saturated heterocycles. The first-order valence-corrected chi connectivity index (χ1v) is 16.1. The van der Waals surface area contributed by atoms with Crippen LogP contribution in [0.2, 0.25) is 0 Å². The molecule has 0 heterocycles. The number of aryl methyl sites for hydroxylation is 2. The zero-order valence-corrected chi connectivity index (χ0v) is 28.3. The molecule has 0 aromatic heterocycles. The average molecular weight is 610 g/mol. The molecule has 3 atom stereocenters.